The molecule has 0 heterocycles. The minimum atomic E-state index is -4.85. The van der Waals surface area contributed by atoms with Crippen molar-refractivity contribution in [3.8, 4) is 0 Å². The maximum atomic E-state index is 12.5. The van der Waals surface area contributed by atoms with Crippen LogP contribution in [0.15, 0.2) is 23.1 Å². The fourth-order valence-electron chi connectivity index (χ4n) is 1.26. The zero-order chi connectivity index (χ0) is 15.1. The van der Waals surface area contributed by atoms with Gasteiger partial charge in [0.25, 0.3) is 0 Å². The third-order valence-electron chi connectivity index (χ3n) is 2.01. The summed E-state index contributed by atoms with van der Waals surface area (Å²) in [5, 5.41) is 3.07. The molecule has 0 unspecified atom stereocenters. The van der Waals surface area contributed by atoms with E-state index in [1.807, 2.05) is 0 Å². The number of hydrogen-bond donors (Lipinski definition) is 2. The first-order valence-electron chi connectivity index (χ1n) is 4.53. The van der Waals surface area contributed by atoms with Gasteiger partial charge in [0, 0.05) is 5.69 Å². The van der Waals surface area contributed by atoms with Gasteiger partial charge in [0.15, 0.2) is 14.9 Å². The Morgan fingerprint density at radius 3 is 2.05 bits per heavy atom. The Morgan fingerprint density at radius 1 is 1.11 bits per heavy atom. The molecule has 0 atom stereocenters. The predicted molar refractivity (Wildman–Crippen MR) is 61.0 cm³/mol. The zero-order valence-electron chi connectivity index (χ0n) is 9.18. The number of benzene rings is 1. The summed E-state index contributed by atoms with van der Waals surface area (Å²) in [6.07, 6.45) is -4.85. The SMILES string of the molecule is Nc1ccc(S(=O)(=O)CS(N)(=O)=O)cc1C(F)(F)F. The monoisotopic (exact) mass is 318 g/mol. The number of rotatable bonds is 3. The standard InChI is InChI=1S/C8H9F3N2O4S2/c9-8(10,11)6-3-5(1-2-7(6)12)18(14,15)4-19(13,16)17/h1-3H,4,12H2,(H2,13,16,17). The highest BCUT2D eigenvalue weighted by atomic mass is 32.3. The van der Waals surface area contributed by atoms with Crippen molar-refractivity contribution >= 4 is 25.5 Å². The largest absolute Gasteiger partial charge is 0.418 e. The quantitative estimate of drug-likeness (QED) is 0.777. The summed E-state index contributed by atoms with van der Waals surface area (Å²) in [6, 6.07) is 1.79. The Morgan fingerprint density at radius 2 is 1.63 bits per heavy atom. The molecule has 6 nitrogen and oxygen atoms in total. The second kappa shape index (κ2) is 4.65. The molecule has 0 aliphatic carbocycles. The summed E-state index contributed by atoms with van der Waals surface area (Å²) in [7, 11) is -8.87. The molecule has 0 saturated carbocycles. The van der Waals surface area contributed by atoms with Crippen LogP contribution in [0.3, 0.4) is 0 Å². The molecule has 0 radical (unpaired) electrons. The van der Waals surface area contributed by atoms with Crippen molar-refractivity contribution in [2.24, 2.45) is 5.14 Å². The van der Waals surface area contributed by atoms with Gasteiger partial charge in [0.1, 0.15) is 0 Å². The summed E-state index contributed by atoms with van der Waals surface area (Å²) in [4.78, 5) is -0.817. The van der Waals surface area contributed by atoms with E-state index in [0.29, 0.717) is 0 Å². The number of alkyl halides is 3. The molecule has 0 amide bonds. The number of sulfone groups is 1. The first kappa shape index (κ1) is 15.7. The Labute approximate surface area is 107 Å². The van der Waals surface area contributed by atoms with E-state index < -0.39 is 47.3 Å². The highest BCUT2D eigenvalue weighted by molar-refractivity contribution is 8.07. The van der Waals surface area contributed by atoms with Crippen LogP contribution in [0.1, 0.15) is 5.56 Å². The van der Waals surface area contributed by atoms with Crippen LogP contribution in [-0.4, -0.2) is 21.9 Å². The van der Waals surface area contributed by atoms with Crippen LogP contribution in [0.2, 0.25) is 0 Å². The van der Waals surface area contributed by atoms with Crippen LogP contribution in [-0.2, 0) is 26.0 Å². The third-order valence-corrected chi connectivity index (χ3v) is 5.54. The van der Waals surface area contributed by atoms with Gasteiger partial charge < -0.3 is 5.73 Å². The molecule has 1 rings (SSSR count). The van der Waals surface area contributed by atoms with E-state index in [-0.39, 0.29) is 6.07 Å². The van der Waals surface area contributed by atoms with Gasteiger partial charge in [-0.1, -0.05) is 0 Å². The van der Waals surface area contributed by atoms with Crippen LogP contribution < -0.4 is 10.9 Å². The zero-order valence-corrected chi connectivity index (χ0v) is 10.8. The molecular weight excluding hydrogens is 309 g/mol. The number of anilines is 1. The number of hydrogen-bond acceptors (Lipinski definition) is 5. The maximum absolute atomic E-state index is 12.5. The topological polar surface area (TPSA) is 120 Å². The average molecular weight is 318 g/mol. The smallest absolute Gasteiger partial charge is 0.398 e. The molecule has 0 aliphatic heterocycles. The summed E-state index contributed by atoms with van der Waals surface area (Å²) in [5.41, 5.74) is 3.07. The fraction of sp³-hybridized carbons (Fsp3) is 0.250. The van der Waals surface area contributed by atoms with E-state index in [1.54, 1.807) is 0 Å². The third kappa shape index (κ3) is 4.08. The van der Waals surface area contributed by atoms with Crippen LogP contribution in [0, 0.1) is 0 Å². The number of sulfonamides is 1. The molecule has 0 aliphatic rings. The first-order valence-corrected chi connectivity index (χ1v) is 7.90. The number of nitrogens with two attached hydrogens (primary N) is 2. The van der Waals surface area contributed by atoms with Gasteiger partial charge >= 0.3 is 6.18 Å². The highest BCUT2D eigenvalue weighted by Crippen LogP contribution is 2.35. The van der Waals surface area contributed by atoms with Gasteiger partial charge in [0.05, 0.1) is 10.5 Å². The molecule has 0 fully saturated rings. The fourth-order valence-corrected chi connectivity index (χ4v) is 4.11. The van der Waals surface area contributed by atoms with E-state index in [0.717, 1.165) is 12.1 Å². The molecule has 0 saturated heterocycles. The van der Waals surface area contributed by atoms with Crippen molar-refractivity contribution in [1.29, 1.82) is 0 Å². The molecule has 1 aromatic rings. The lowest BCUT2D eigenvalue weighted by Gasteiger charge is -2.11. The van der Waals surface area contributed by atoms with Gasteiger partial charge in [-0.3, -0.25) is 0 Å². The minimum Gasteiger partial charge on any atom is -0.398 e. The van der Waals surface area contributed by atoms with E-state index in [9.17, 15) is 30.0 Å². The van der Waals surface area contributed by atoms with Crippen molar-refractivity contribution in [1.82, 2.24) is 0 Å². The Bertz CT molecular complexity index is 695. The predicted octanol–water partition coefficient (Wildman–Crippen LogP) is 0.307. The van der Waals surface area contributed by atoms with Crippen LogP contribution in [0.5, 0.6) is 0 Å². The lowest BCUT2D eigenvalue weighted by atomic mass is 10.2. The van der Waals surface area contributed by atoms with E-state index in [4.69, 9.17) is 5.73 Å². The molecule has 1 aromatic carbocycles. The van der Waals surface area contributed by atoms with E-state index >= 15 is 0 Å². The summed E-state index contributed by atoms with van der Waals surface area (Å²) in [6.45, 7) is 0. The van der Waals surface area contributed by atoms with Crippen molar-refractivity contribution in [2.45, 2.75) is 11.1 Å². The van der Waals surface area contributed by atoms with Gasteiger partial charge in [-0.15, -0.1) is 0 Å². The van der Waals surface area contributed by atoms with Gasteiger partial charge in [-0.05, 0) is 18.2 Å². The summed E-state index contributed by atoms with van der Waals surface area (Å²) >= 11 is 0. The second-order valence-corrected chi connectivity index (χ2v) is 7.61. The molecule has 11 heteroatoms. The molecule has 0 aromatic heterocycles. The van der Waals surface area contributed by atoms with Gasteiger partial charge in [-0.2, -0.15) is 13.2 Å². The lowest BCUT2D eigenvalue weighted by molar-refractivity contribution is -0.137. The van der Waals surface area contributed by atoms with Crippen molar-refractivity contribution in [3.05, 3.63) is 23.8 Å². The van der Waals surface area contributed by atoms with Crippen LogP contribution in [0.25, 0.3) is 0 Å². The average Bonchev–Trinajstić information content (AvgIpc) is 2.11. The number of primary sulfonamides is 1. The Kier molecular flexibility index (Phi) is 3.85. The Balaban J connectivity index is 3.39. The number of halogens is 3. The van der Waals surface area contributed by atoms with Gasteiger partial charge in [0.2, 0.25) is 10.0 Å². The van der Waals surface area contributed by atoms with Crippen LogP contribution in [0.4, 0.5) is 18.9 Å². The number of nitrogen functional groups attached to an aromatic ring is 1. The molecule has 0 spiro atoms. The van der Waals surface area contributed by atoms with E-state index in [2.05, 4.69) is 5.14 Å². The molecule has 108 valence electrons. The summed E-state index contributed by atoms with van der Waals surface area (Å²) in [5.74, 6) is 0. The minimum absolute atomic E-state index is 0.274. The van der Waals surface area contributed by atoms with E-state index in [1.165, 1.54) is 0 Å². The second-order valence-electron chi connectivity index (χ2n) is 3.64. The maximum Gasteiger partial charge on any atom is 0.418 e. The van der Waals surface area contributed by atoms with Crippen LogP contribution >= 0.6 is 0 Å². The van der Waals surface area contributed by atoms with Gasteiger partial charge in [-0.25, -0.2) is 22.0 Å². The van der Waals surface area contributed by atoms with Crippen molar-refractivity contribution in [3.63, 3.8) is 0 Å². The highest BCUT2D eigenvalue weighted by Gasteiger charge is 2.34. The van der Waals surface area contributed by atoms with Crippen molar-refractivity contribution in [2.75, 3.05) is 10.8 Å². The molecule has 4 N–H and O–H groups in total. The molecular formula is C8H9F3N2O4S2. The lowest BCUT2D eigenvalue weighted by Crippen LogP contribution is -2.23. The normalized spacial score (nSPS) is 13.5. The van der Waals surface area contributed by atoms with Crippen molar-refractivity contribution < 1.29 is 30.0 Å². The summed E-state index contributed by atoms with van der Waals surface area (Å²) < 4.78 is 82.2. The Hall–Kier alpha value is -1.33. The molecule has 0 bridgehead atoms. The molecule has 19 heavy (non-hydrogen) atoms. The first-order chi connectivity index (χ1) is 8.33.